The molecular formula is C76H42N8. The summed E-state index contributed by atoms with van der Waals surface area (Å²) in [5.74, 6) is 0. The Morgan fingerprint density at radius 2 is 0.667 bits per heavy atom. The molecule has 0 bridgehead atoms. The van der Waals surface area contributed by atoms with E-state index in [0.29, 0.717) is 27.8 Å². The molecule has 0 saturated carbocycles. The van der Waals surface area contributed by atoms with Crippen molar-refractivity contribution in [2.45, 2.75) is 0 Å². The van der Waals surface area contributed by atoms with Crippen LogP contribution in [0.15, 0.2) is 255 Å². The fraction of sp³-hybridized carbons (Fsp3) is 0. The highest BCUT2D eigenvalue weighted by atomic mass is 15.0. The molecule has 4 aromatic heterocycles. The van der Waals surface area contributed by atoms with Crippen LogP contribution >= 0.6 is 0 Å². The average Bonchev–Trinajstić information content (AvgIpc) is 1.84. The predicted molar refractivity (Wildman–Crippen MR) is 339 cm³/mol. The van der Waals surface area contributed by atoms with Crippen LogP contribution in [0.1, 0.15) is 22.3 Å². The zero-order valence-corrected chi connectivity index (χ0v) is 44.8. The van der Waals surface area contributed by atoms with Crippen molar-refractivity contribution < 1.29 is 0 Å². The van der Waals surface area contributed by atoms with Gasteiger partial charge in [0.15, 0.2) is 0 Å². The summed E-state index contributed by atoms with van der Waals surface area (Å²) in [6.07, 6.45) is 0. The van der Waals surface area contributed by atoms with Crippen molar-refractivity contribution in [2.75, 3.05) is 0 Å². The standard InChI is InChI=1S/C76H42N8/c77-43-47-29-31-59(54(37-47)46-80)53-38-52(40-58(41-53)84-66-28-12-9-25-62(66)74-70(84)35-33-68-73(74)60-23-7-10-26-64(60)81(68)55-18-3-1-4-19-55)48-30-32-67-63(42-48)76-71(83(67)57-22-14-15-49(39-57)72-50(44-78)16-13-17-51(72)45-79)36-34-69-75(76)61-24-8-11-27-65(61)82(69)56-20-5-2-6-21-56/h1-42H. The maximum absolute atomic E-state index is 10.8. The summed E-state index contributed by atoms with van der Waals surface area (Å²) >= 11 is 0. The second-order valence-electron chi connectivity index (χ2n) is 21.3. The molecule has 12 aromatic carbocycles. The Morgan fingerprint density at radius 1 is 0.238 bits per heavy atom. The fourth-order valence-electron chi connectivity index (χ4n) is 13.4. The minimum Gasteiger partial charge on any atom is -0.309 e. The van der Waals surface area contributed by atoms with Gasteiger partial charge in [-0.3, -0.25) is 0 Å². The van der Waals surface area contributed by atoms with Gasteiger partial charge in [0, 0.05) is 71.4 Å². The zero-order chi connectivity index (χ0) is 56.2. The third-order valence-corrected chi connectivity index (χ3v) is 16.9. The van der Waals surface area contributed by atoms with Gasteiger partial charge in [-0.1, -0.05) is 121 Å². The van der Waals surface area contributed by atoms with E-state index in [4.69, 9.17) is 0 Å². The first-order valence-electron chi connectivity index (χ1n) is 27.7. The summed E-state index contributed by atoms with van der Waals surface area (Å²) in [7, 11) is 0. The molecular weight excluding hydrogens is 1020 g/mol. The van der Waals surface area contributed by atoms with Crippen LogP contribution in [0.3, 0.4) is 0 Å². The van der Waals surface area contributed by atoms with E-state index in [9.17, 15) is 21.0 Å². The summed E-state index contributed by atoms with van der Waals surface area (Å²) < 4.78 is 9.37. The van der Waals surface area contributed by atoms with Gasteiger partial charge in [-0.2, -0.15) is 21.0 Å². The Balaban J connectivity index is 0.997. The van der Waals surface area contributed by atoms with E-state index in [-0.39, 0.29) is 0 Å². The Kier molecular flexibility index (Phi) is 10.6. The molecule has 4 heterocycles. The second kappa shape index (κ2) is 18.7. The van der Waals surface area contributed by atoms with E-state index in [0.717, 1.165) is 132 Å². The molecule has 0 radical (unpaired) electrons. The summed E-state index contributed by atoms with van der Waals surface area (Å²) in [4.78, 5) is 0. The Morgan fingerprint density at radius 3 is 1.20 bits per heavy atom. The largest absolute Gasteiger partial charge is 0.309 e. The predicted octanol–water partition coefficient (Wildman–Crippen LogP) is 18.6. The molecule has 0 spiro atoms. The number of hydrogen-bond acceptors (Lipinski definition) is 4. The number of benzene rings is 12. The van der Waals surface area contributed by atoms with Crippen LogP contribution in [0.2, 0.25) is 0 Å². The van der Waals surface area contributed by atoms with Gasteiger partial charge in [0.25, 0.3) is 0 Å². The van der Waals surface area contributed by atoms with E-state index in [1.54, 1.807) is 30.3 Å². The summed E-state index contributed by atoms with van der Waals surface area (Å²) in [5, 5.41) is 50.4. The first-order valence-corrected chi connectivity index (χ1v) is 27.7. The maximum Gasteiger partial charge on any atom is 0.0998 e. The van der Waals surface area contributed by atoms with Crippen molar-refractivity contribution in [3.63, 3.8) is 0 Å². The number of para-hydroxylation sites is 5. The molecule has 0 amide bonds. The van der Waals surface area contributed by atoms with Crippen LogP contribution in [0.25, 0.3) is 143 Å². The third-order valence-electron chi connectivity index (χ3n) is 16.9. The number of hydrogen-bond donors (Lipinski definition) is 0. The van der Waals surface area contributed by atoms with Crippen molar-refractivity contribution in [1.82, 2.24) is 18.3 Å². The van der Waals surface area contributed by atoms with E-state index in [2.05, 4.69) is 243 Å². The van der Waals surface area contributed by atoms with E-state index in [1.807, 2.05) is 24.3 Å². The molecule has 0 N–H and O–H groups in total. The number of fused-ring (bicyclic) bond motifs is 14. The molecule has 16 aromatic rings. The summed E-state index contributed by atoms with van der Waals surface area (Å²) in [6.45, 7) is 0. The number of aromatic nitrogens is 4. The Bertz CT molecular complexity index is 5630. The molecule has 84 heavy (non-hydrogen) atoms. The van der Waals surface area contributed by atoms with Crippen LogP contribution in [-0.4, -0.2) is 18.3 Å². The van der Waals surface area contributed by atoms with Crippen molar-refractivity contribution in [3.05, 3.63) is 277 Å². The van der Waals surface area contributed by atoms with Gasteiger partial charge in [0.1, 0.15) is 0 Å². The lowest BCUT2D eigenvalue weighted by Gasteiger charge is -2.15. The topological polar surface area (TPSA) is 115 Å². The molecule has 0 unspecified atom stereocenters. The maximum atomic E-state index is 10.8. The Hall–Kier alpha value is -12.2. The molecule has 386 valence electrons. The fourth-order valence-corrected chi connectivity index (χ4v) is 13.4. The lowest BCUT2D eigenvalue weighted by molar-refractivity contribution is 1.17. The molecule has 0 aliphatic heterocycles. The van der Waals surface area contributed by atoms with Gasteiger partial charge in [-0.25, -0.2) is 0 Å². The van der Waals surface area contributed by atoms with Crippen molar-refractivity contribution in [3.8, 4) is 80.4 Å². The number of nitrogens with zero attached hydrogens (tertiary/aromatic N) is 8. The smallest absolute Gasteiger partial charge is 0.0998 e. The quantitative estimate of drug-likeness (QED) is 0.158. The lowest BCUT2D eigenvalue weighted by Crippen LogP contribution is -1.97. The van der Waals surface area contributed by atoms with Crippen LogP contribution in [0.4, 0.5) is 0 Å². The molecule has 0 atom stereocenters. The third kappa shape index (κ3) is 7.03. The molecule has 0 fully saturated rings. The van der Waals surface area contributed by atoms with Gasteiger partial charge < -0.3 is 18.3 Å². The molecule has 0 aliphatic rings. The summed E-state index contributed by atoms with van der Waals surface area (Å²) in [6, 6.07) is 97.3. The highest BCUT2D eigenvalue weighted by molar-refractivity contribution is 6.30. The first-order chi connectivity index (χ1) is 41.5. The molecule has 0 aliphatic carbocycles. The minimum absolute atomic E-state index is 0.409. The van der Waals surface area contributed by atoms with Crippen LogP contribution in [0.5, 0.6) is 0 Å². The van der Waals surface area contributed by atoms with Crippen LogP contribution in [-0.2, 0) is 0 Å². The van der Waals surface area contributed by atoms with E-state index < -0.39 is 0 Å². The van der Waals surface area contributed by atoms with Gasteiger partial charge in [-0.05, 0) is 161 Å². The van der Waals surface area contributed by atoms with Gasteiger partial charge in [0.2, 0.25) is 0 Å². The minimum atomic E-state index is 0.409. The average molecular weight is 1070 g/mol. The van der Waals surface area contributed by atoms with Crippen LogP contribution in [0, 0.1) is 45.3 Å². The lowest BCUT2D eigenvalue weighted by atomic mass is 9.93. The van der Waals surface area contributed by atoms with Crippen molar-refractivity contribution in [2.24, 2.45) is 0 Å². The summed E-state index contributed by atoms with van der Waals surface area (Å²) in [5.41, 5.74) is 18.9. The Labute approximate surface area is 481 Å². The van der Waals surface area contributed by atoms with Crippen LogP contribution < -0.4 is 0 Å². The van der Waals surface area contributed by atoms with Crippen molar-refractivity contribution in [1.29, 1.82) is 21.0 Å². The number of rotatable bonds is 7. The highest BCUT2D eigenvalue weighted by Gasteiger charge is 2.25. The monoisotopic (exact) mass is 1070 g/mol. The number of nitriles is 4. The first kappa shape index (κ1) is 47.8. The van der Waals surface area contributed by atoms with Gasteiger partial charge in [0.05, 0.1) is 90.7 Å². The molecule has 16 rings (SSSR count). The van der Waals surface area contributed by atoms with Gasteiger partial charge in [-0.15, -0.1) is 0 Å². The van der Waals surface area contributed by atoms with E-state index >= 15 is 0 Å². The van der Waals surface area contributed by atoms with E-state index in [1.165, 1.54) is 5.39 Å². The highest BCUT2D eigenvalue weighted by Crippen LogP contribution is 2.47. The molecule has 8 nitrogen and oxygen atoms in total. The SMILES string of the molecule is N#Cc1ccc(-c2cc(-c3ccc4c(c3)c3c5c6ccccc6n(-c6ccccc6)c5ccc3n4-c3cccc(-c4c(C#N)cccc4C#N)c3)cc(-n3c4ccccc4c4c5c6ccccc6n(-c6ccccc6)c5ccc43)c2)c(C#N)c1. The second-order valence-corrected chi connectivity index (χ2v) is 21.3. The molecule has 8 heteroatoms. The zero-order valence-electron chi connectivity index (χ0n) is 44.8. The van der Waals surface area contributed by atoms with Crippen molar-refractivity contribution >= 4 is 87.2 Å². The molecule has 0 saturated heterocycles. The van der Waals surface area contributed by atoms with Gasteiger partial charge >= 0.3 is 0 Å². The normalized spacial score (nSPS) is 11.5.